The number of aromatic nitrogens is 1. The molecule has 0 spiro atoms. The van der Waals surface area contributed by atoms with Crippen LogP contribution < -0.4 is 15.4 Å². The number of guanidine groups is 1. The average molecular weight is 503 g/mol. The fourth-order valence-corrected chi connectivity index (χ4v) is 4.14. The Morgan fingerprint density at radius 2 is 1.96 bits per heavy atom. The minimum absolute atomic E-state index is 0. The molecule has 0 aromatic carbocycles. The van der Waals surface area contributed by atoms with Gasteiger partial charge in [-0.25, -0.2) is 4.98 Å². The lowest BCUT2D eigenvalue weighted by Crippen LogP contribution is -2.60. The van der Waals surface area contributed by atoms with E-state index in [-0.39, 0.29) is 29.5 Å². The Bertz CT molecular complexity index is 599. The highest BCUT2D eigenvalue weighted by Crippen LogP contribution is 2.33. The van der Waals surface area contributed by atoms with Crippen molar-refractivity contribution in [2.45, 2.75) is 44.2 Å². The van der Waals surface area contributed by atoms with Gasteiger partial charge in [-0.2, -0.15) is 0 Å². The molecule has 0 atom stereocenters. The van der Waals surface area contributed by atoms with Crippen molar-refractivity contribution in [3.63, 3.8) is 0 Å². The summed E-state index contributed by atoms with van der Waals surface area (Å²) in [6.07, 6.45) is 8.29. The number of pyridine rings is 1. The number of aliphatic imine (C=N–C) groups is 1. The largest absolute Gasteiger partial charge is 0.481 e. The van der Waals surface area contributed by atoms with Gasteiger partial charge >= 0.3 is 0 Å². The van der Waals surface area contributed by atoms with Gasteiger partial charge in [0.05, 0.1) is 20.3 Å². The summed E-state index contributed by atoms with van der Waals surface area (Å²) in [6.45, 7) is 5.36. The lowest BCUT2D eigenvalue weighted by atomic mass is 9.80. The number of methoxy groups -OCH3 is 1. The molecular formula is C20H34IN5O2. The Morgan fingerprint density at radius 1 is 1.21 bits per heavy atom. The molecule has 3 rings (SSSR count). The maximum atomic E-state index is 5.57. The Balaban J connectivity index is 0.00000280. The van der Waals surface area contributed by atoms with Crippen molar-refractivity contribution < 1.29 is 9.47 Å². The Morgan fingerprint density at radius 3 is 2.57 bits per heavy atom. The van der Waals surface area contributed by atoms with Crippen molar-refractivity contribution in [2.24, 2.45) is 4.99 Å². The highest BCUT2D eigenvalue weighted by atomic mass is 127. The SMILES string of the molecule is CN=C(NCc1ccc(OC)nc1)NCC1(N2CCOCC2)CCCCC1.I. The number of hydrogen-bond donors (Lipinski definition) is 2. The topological polar surface area (TPSA) is 71.0 Å². The van der Waals surface area contributed by atoms with Crippen molar-refractivity contribution >= 4 is 29.9 Å². The maximum absolute atomic E-state index is 5.57. The summed E-state index contributed by atoms with van der Waals surface area (Å²) in [5.74, 6) is 1.47. The van der Waals surface area contributed by atoms with Gasteiger partial charge in [0.15, 0.2) is 5.96 Å². The van der Waals surface area contributed by atoms with E-state index in [2.05, 4.69) is 25.5 Å². The predicted octanol–water partition coefficient (Wildman–Crippen LogP) is 2.41. The van der Waals surface area contributed by atoms with Gasteiger partial charge in [0.25, 0.3) is 0 Å². The molecule has 0 bridgehead atoms. The molecule has 0 radical (unpaired) electrons. The van der Waals surface area contributed by atoms with Crippen molar-refractivity contribution in [2.75, 3.05) is 47.0 Å². The van der Waals surface area contributed by atoms with Crippen LogP contribution in [0.15, 0.2) is 23.3 Å². The molecule has 1 aliphatic carbocycles. The molecule has 1 aliphatic heterocycles. The zero-order valence-electron chi connectivity index (χ0n) is 17.1. The normalized spacial score (nSPS) is 20.1. The number of nitrogens with one attached hydrogen (secondary N) is 2. The zero-order valence-corrected chi connectivity index (χ0v) is 19.4. The molecule has 2 heterocycles. The first kappa shape index (κ1) is 23.2. The molecule has 1 saturated heterocycles. The van der Waals surface area contributed by atoms with Crippen LogP contribution in [-0.2, 0) is 11.3 Å². The van der Waals surface area contributed by atoms with E-state index in [9.17, 15) is 0 Å². The molecule has 28 heavy (non-hydrogen) atoms. The second kappa shape index (κ2) is 11.8. The number of nitrogens with zero attached hydrogens (tertiary/aromatic N) is 3. The lowest BCUT2D eigenvalue weighted by molar-refractivity contribution is -0.0352. The van der Waals surface area contributed by atoms with E-state index in [1.165, 1.54) is 32.1 Å². The van der Waals surface area contributed by atoms with E-state index in [0.717, 1.165) is 44.4 Å². The maximum Gasteiger partial charge on any atom is 0.212 e. The van der Waals surface area contributed by atoms with Crippen LogP contribution in [0.2, 0.25) is 0 Å². The smallest absolute Gasteiger partial charge is 0.212 e. The van der Waals surface area contributed by atoms with E-state index < -0.39 is 0 Å². The summed E-state index contributed by atoms with van der Waals surface area (Å²) in [6, 6.07) is 3.89. The van der Waals surface area contributed by atoms with Gasteiger partial charge < -0.3 is 20.1 Å². The molecule has 1 saturated carbocycles. The number of hydrogen-bond acceptors (Lipinski definition) is 5. The summed E-state index contributed by atoms with van der Waals surface area (Å²) in [5, 5.41) is 6.98. The van der Waals surface area contributed by atoms with Crippen LogP contribution in [0.1, 0.15) is 37.7 Å². The van der Waals surface area contributed by atoms with Crippen molar-refractivity contribution in [3.05, 3.63) is 23.9 Å². The Hall–Kier alpha value is -1.13. The number of halogens is 1. The van der Waals surface area contributed by atoms with Gasteiger partial charge in [-0.05, 0) is 18.4 Å². The monoisotopic (exact) mass is 503 g/mol. The minimum atomic E-state index is 0. The third-order valence-corrected chi connectivity index (χ3v) is 5.74. The number of ether oxygens (including phenoxy) is 2. The average Bonchev–Trinajstić information content (AvgIpc) is 2.75. The third kappa shape index (κ3) is 6.18. The molecular weight excluding hydrogens is 469 g/mol. The van der Waals surface area contributed by atoms with E-state index in [0.29, 0.717) is 12.4 Å². The summed E-state index contributed by atoms with van der Waals surface area (Å²) in [5.41, 5.74) is 1.32. The summed E-state index contributed by atoms with van der Waals surface area (Å²) in [7, 11) is 3.45. The van der Waals surface area contributed by atoms with Crippen LogP contribution in [0.3, 0.4) is 0 Å². The van der Waals surface area contributed by atoms with E-state index in [1.54, 1.807) is 7.11 Å². The molecule has 1 aromatic rings. The highest BCUT2D eigenvalue weighted by molar-refractivity contribution is 14.0. The van der Waals surface area contributed by atoms with E-state index in [1.807, 2.05) is 25.4 Å². The lowest BCUT2D eigenvalue weighted by Gasteiger charge is -2.48. The molecule has 1 aromatic heterocycles. The van der Waals surface area contributed by atoms with Gasteiger partial charge in [-0.3, -0.25) is 9.89 Å². The second-order valence-corrected chi connectivity index (χ2v) is 7.37. The van der Waals surface area contributed by atoms with Crippen LogP contribution in [-0.4, -0.2) is 68.4 Å². The van der Waals surface area contributed by atoms with E-state index in [4.69, 9.17) is 9.47 Å². The van der Waals surface area contributed by atoms with Crippen LogP contribution in [0, 0.1) is 0 Å². The standard InChI is InChI=1S/C20H33N5O2.HI/c1-21-19(23-15-17-6-7-18(26-2)22-14-17)24-16-20(8-4-3-5-9-20)25-10-12-27-13-11-25;/h6-7,14H,3-5,8-13,15-16H2,1-2H3,(H2,21,23,24);1H. The fraction of sp³-hybridized carbons (Fsp3) is 0.700. The number of morpholine rings is 1. The first-order valence-corrected chi connectivity index (χ1v) is 10.0. The summed E-state index contributed by atoms with van der Waals surface area (Å²) < 4.78 is 10.7. The van der Waals surface area contributed by atoms with Crippen LogP contribution in [0.4, 0.5) is 0 Å². The van der Waals surface area contributed by atoms with Crippen LogP contribution in [0.25, 0.3) is 0 Å². The fourth-order valence-electron chi connectivity index (χ4n) is 4.14. The van der Waals surface area contributed by atoms with Crippen molar-refractivity contribution in [3.8, 4) is 5.88 Å². The molecule has 2 fully saturated rings. The Kier molecular flexibility index (Phi) is 9.73. The molecule has 8 heteroatoms. The quantitative estimate of drug-likeness (QED) is 0.353. The molecule has 2 aliphatic rings. The van der Waals surface area contributed by atoms with Crippen molar-refractivity contribution in [1.82, 2.24) is 20.5 Å². The Labute approximate surface area is 185 Å². The second-order valence-electron chi connectivity index (χ2n) is 7.37. The van der Waals surface area contributed by atoms with Crippen molar-refractivity contribution in [1.29, 1.82) is 0 Å². The van der Waals surface area contributed by atoms with Gasteiger partial charge in [0, 0.05) is 51.0 Å². The first-order valence-electron chi connectivity index (χ1n) is 10.0. The first-order chi connectivity index (χ1) is 13.3. The van der Waals surface area contributed by atoms with E-state index >= 15 is 0 Å². The van der Waals surface area contributed by atoms with Gasteiger partial charge in [-0.1, -0.05) is 25.3 Å². The molecule has 7 nitrogen and oxygen atoms in total. The zero-order chi connectivity index (χ0) is 19.0. The minimum Gasteiger partial charge on any atom is -0.481 e. The van der Waals surface area contributed by atoms with Gasteiger partial charge in [-0.15, -0.1) is 24.0 Å². The molecule has 0 unspecified atom stereocenters. The molecule has 2 N–H and O–H groups in total. The van der Waals surface area contributed by atoms with Gasteiger partial charge in [0.2, 0.25) is 5.88 Å². The van der Waals surface area contributed by atoms with Crippen LogP contribution in [0.5, 0.6) is 5.88 Å². The van der Waals surface area contributed by atoms with Crippen LogP contribution >= 0.6 is 24.0 Å². The summed E-state index contributed by atoms with van der Waals surface area (Å²) >= 11 is 0. The number of rotatable bonds is 6. The summed E-state index contributed by atoms with van der Waals surface area (Å²) in [4.78, 5) is 11.3. The predicted molar refractivity (Wildman–Crippen MR) is 123 cm³/mol. The molecule has 158 valence electrons. The highest BCUT2D eigenvalue weighted by Gasteiger charge is 2.38. The third-order valence-electron chi connectivity index (χ3n) is 5.74. The molecule has 0 amide bonds. The van der Waals surface area contributed by atoms with Gasteiger partial charge in [0.1, 0.15) is 0 Å².